The van der Waals surface area contributed by atoms with Crippen molar-refractivity contribution < 1.29 is 19.1 Å². The maximum Gasteiger partial charge on any atom is 0.308 e. The normalized spacial score (nSPS) is 17.1. The molecule has 0 spiro atoms. The Hall–Kier alpha value is -2.41. The molecule has 1 atom stereocenters. The van der Waals surface area contributed by atoms with Crippen molar-refractivity contribution in [2.45, 2.75) is 19.9 Å². The molecule has 1 N–H and O–H groups in total. The number of aliphatic carboxylic acids is 1. The molecule has 1 amide bonds. The van der Waals surface area contributed by atoms with Crippen molar-refractivity contribution in [3.8, 4) is 0 Å². The van der Waals surface area contributed by atoms with E-state index in [2.05, 4.69) is 5.10 Å². The molecule has 1 aliphatic rings. The summed E-state index contributed by atoms with van der Waals surface area (Å²) in [5.41, 5.74) is 1.57. The standard InChI is InChI=1S/C17H17ClFN3O3/c1-10-14(16(23)21-7-6-12(9-21)17(24)25)15(18)22(20-10)8-11-2-4-13(19)5-3-11/h2-5,12H,6-9H2,1H3,(H,24,25)/t12-/m0/s1. The second kappa shape index (κ2) is 6.84. The lowest BCUT2D eigenvalue weighted by atomic mass is 10.1. The van der Waals surface area contributed by atoms with Crippen LogP contribution in [0.3, 0.4) is 0 Å². The summed E-state index contributed by atoms with van der Waals surface area (Å²) in [5.74, 6) is -2.08. The number of likely N-dealkylation sites (tertiary alicyclic amines) is 1. The molecule has 0 radical (unpaired) electrons. The smallest absolute Gasteiger partial charge is 0.308 e. The molecule has 25 heavy (non-hydrogen) atoms. The first-order valence-electron chi connectivity index (χ1n) is 7.86. The number of carbonyl (C=O) groups excluding carboxylic acids is 1. The van der Waals surface area contributed by atoms with Crippen LogP contribution in [0.25, 0.3) is 0 Å². The van der Waals surface area contributed by atoms with Crippen LogP contribution < -0.4 is 0 Å². The van der Waals surface area contributed by atoms with E-state index in [0.29, 0.717) is 25.2 Å². The molecule has 3 rings (SSSR count). The topological polar surface area (TPSA) is 75.4 Å². The zero-order chi connectivity index (χ0) is 18.1. The number of aryl methyl sites for hydroxylation is 1. The minimum Gasteiger partial charge on any atom is -0.481 e. The highest BCUT2D eigenvalue weighted by Gasteiger charge is 2.33. The van der Waals surface area contributed by atoms with Gasteiger partial charge in [0.05, 0.1) is 23.7 Å². The van der Waals surface area contributed by atoms with E-state index in [9.17, 15) is 14.0 Å². The van der Waals surface area contributed by atoms with Crippen molar-refractivity contribution in [2.24, 2.45) is 5.92 Å². The van der Waals surface area contributed by atoms with Gasteiger partial charge < -0.3 is 10.0 Å². The first-order valence-corrected chi connectivity index (χ1v) is 8.24. The van der Waals surface area contributed by atoms with Crippen molar-refractivity contribution in [3.05, 3.63) is 52.1 Å². The third-order valence-corrected chi connectivity index (χ3v) is 4.73. The van der Waals surface area contributed by atoms with Gasteiger partial charge in [-0.25, -0.2) is 9.07 Å². The number of carboxylic acids is 1. The Morgan fingerprint density at radius 3 is 2.64 bits per heavy atom. The summed E-state index contributed by atoms with van der Waals surface area (Å²) in [5, 5.41) is 13.6. The quantitative estimate of drug-likeness (QED) is 0.903. The van der Waals surface area contributed by atoms with Crippen LogP contribution in [0.5, 0.6) is 0 Å². The molecule has 1 saturated heterocycles. The van der Waals surface area contributed by atoms with E-state index >= 15 is 0 Å². The van der Waals surface area contributed by atoms with Crippen LogP contribution in [0, 0.1) is 18.7 Å². The second-order valence-electron chi connectivity index (χ2n) is 6.11. The summed E-state index contributed by atoms with van der Waals surface area (Å²) in [6, 6.07) is 5.95. The third kappa shape index (κ3) is 3.51. The fourth-order valence-electron chi connectivity index (χ4n) is 2.97. The summed E-state index contributed by atoms with van der Waals surface area (Å²) >= 11 is 6.35. The molecular formula is C17H17ClFN3O3. The first kappa shape index (κ1) is 17.4. The number of hydrogen-bond donors (Lipinski definition) is 1. The summed E-state index contributed by atoms with van der Waals surface area (Å²) in [4.78, 5) is 25.3. The minimum atomic E-state index is -0.898. The van der Waals surface area contributed by atoms with Crippen molar-refractivity contribution >= 4 is 23.5 Å². The Kier molecular flexibility index (Phi) is 4.76. The predicted octanol–water partition coefficient (Wildman–Crippen LogP) is 2.58. The monoisotopic (exact) mass is 365 g/mol. The van der Waals surface area contributed by atoms with Crippen LogP contribution in [0.1, 0.15) is 28.0 Å². The molecular weight excluding hydrogens is 349 g/mol. The van der Waals surface area contributed by atoms with Gasteiger partial charge in [-0.3, -0.25) is 9.59 Å². The van der Waals surface area contributed by atoms with Crippen LogP contribution in [0.15, 0.2) is 24.3 Å². The molecule has 0 unspecified atom stereocenters. The van der Waals surface area contributed by atoms with E-state index in [1.165, 1.54) is 21.7 Å². The van der Waals surface area contributed by atoms with Crippen molar-refractivity contribution in [3.63, 3.8) is 0 Å². The fourth-order valence-corrected chi connectivity index (χ4v) is 3.28. The molecule has 1 fully saturated rings. The second-order valence-corrected chi connectivity index (χ2v) is 6.47. The van der Waals surface area contributed by atoms with Gasteiger partial charge >= 0.3 is 5.97 Å². The van der Waals surface area contributed by atoms with Gasteiger partial charge in [0.15, 0.2) is 0 Å². The minimum absolute atomic E-state index is 0.174. The van der Waals surface area contributed by atoms with Gasteiger partial charge in [0.25, 0.3) is 5.91 Å². The van der Waals surface area contributed by atoms with Gasteiger partial charge in [-0.05, 0) is 31.0 Å². The first-order chi connectivity index (χ1) is 11.9. The molecule has 2 heterocycles. The number of hydrogen-bond acceptors (Lipinski definition) is 3. The molecule has 6 nitrogen and oxygen atoms in total. The number of amides is 1. The highest BCUT2D eigenvalue weighted by Crippen LogP contribution is 2.26. The molecule has 0 aliphatic carbocycles. The lowest BCUT2D eigenvalue weighted by Gasteiger charge is -2.15. The van der Waals surface area contributed by atoms with Gasteiger partial charge in [0.2, 0.25) is 0 Å². The number of benzene rings is 1. The lowest BCUT2D eigenvalue weighted by Crippen LogP contribution is -2.30. The van der Waals surface area contributed by atoms with E-state index in [4.69, 9.17) is 16.7 Å². The number of nitrogens with zero attached hydrogens (tertiary/aromatic N) is 3. The molecule has 0 bridgehead atoms. The summed E-state index contributed by atoms with van der Waals surface area (Å²) < 4.78 is 14.5. The molecule has 132 valence electrons. The zero-order valence-electron chi connectivity index (χ0n) is 13.6. The van der Waals surface area contributed by atoms with E-state index in [1.807, 2.05) is 0 Å². The molecule has 1 aromatic carbocycles. The van der Waals surface area contributed by atoms with Crippen LogP contribution in [0.2, 0.25) is 5.15 Å². The van der Waals surface area contributed by atoms with Crippen LogP contribution >= 0.6 is 11.6 Å². The summed E-state index contributed by atoms with van der Waals surface area (Å²) in [6.45, 7) is 2.55. The van der Waals surface area contributed by atoms with Gasteiger partial charge in [0.1, 0.15) is 11.0 Å². The number of carbonyl (C=O) groups is 2. The van der Waals surface area contributed by atoms with E-state index in [0.717, 1.165) is 5.56 Å². The average molecular weight is 366 g/mol. The van der Waals surface area contributed by atoms with Gasteiger partial charge in [0, 0.05) is 13.1 Å². The lowest BCUT2D eigenvalue weighted by molar-refractivity contribution is -0.141. The SMILES string of the molecule is Cc1nn(Cc2ccc(F)cc2)c(Cl)c1C(=O)N1CC[C@H](C(=O)O)C1. The van der Waals surface area contributed by atoms with E-state index in [-0.39, 0.29) is 29.0 Å². The zero-order valence-corrected chi connectivity index (χ0v) is 14.3. The Morgan fingerprint density at radius 2 is 2.04 bits per heavy atom. The number of halogens is 2. The van der Waals surface area contributed by atoms with Crippen molar-refractivity contribution in [1.82, 2.24) is 14.7 Å². The number of aromatic nitrogens is 2. The fraction of sp³-hybridized carbons (Fsp3) is 0.353. The van der Waals surface area contributed by atoms with Crippen LogP contribution in [0.4, 0.5) is 4.39 Å². The van der Waals surface area contributed by atoms with Crippen molar-refractivity contribution in [2.75, 3.05) is 13.1 Å². The molecule has 0 saturated carbocycles. The number of rotatable bonds is 4. The predicted molar refractivity (Wildman–Crippen MR) is 89.1 cm³/mol. The third-order valence-electron chi connectivity index (χ3n) is 4.35. The average Bonchev–Trinajstić information content (AvgIpc) is 3.15. The van der Waals surface area contributed by atoms with Gasteiger partial charge in [-0.1, -0.05) is 23.7 Å². The van der Waals surface area contributed by atoms with Gasteiger partial charge in [-0.15, -0.1) is 0 Å². The molecule has 8 heteroatoms. The maximum absolute atomic E-state index is 13.0. The van der Waals surface area contributed by atoms with Crippen LogP contribution in [-0.4, -0.2) is 44.8 Å². The van der Waals surface area contributed by atoms with E-state index in [1.54, 1.807) is 19.1 Å². The van der Waals surface area contributed by atoms with Gasteiger partial charge in [-0.2, -0.15) is 5.10 Å². The molecule has 2 aromatic rings. The Labute approximate surface area is 148 Å². The molecule has 1 aromatic heterocycles. The Bertz CT molecular complexity index is 819. The summed E-state index contributed by atoms with van der Waals surface area (Å²) in [7, 11) is 0. The Balaban J connectivity index is 1.81. The highest BCUT2D eigenvalue weighted by molar-refractivity contribution is 6.33. The maximum atomic E-state index is 13.0. The van der Waals surface area contributed by atoms with E-state index < -0.39 is 11.9 Å². The van der Waals surface area contributed by atoms with Crippen molar-refractivity contribution in [1.29, 1.82) is 0 Å². The van der Waals surface area contributed by atoms with Crippen LogP contribution in [-0.2, 0) is 11.3 Å². The largest absolute Gasteiger partial charge is 0.481 e. The number of carboxylic acid groups (broad SMARTS) is 1. The molecule has 1 aliphatic heterocycles. The Morgan fingerprint density at radius 1 is 1.36 bits per heavy atom. The summed E-state index contributed by atoms with van der Waals surface area (Å²) in [6.07, 6.45) is 0.432. The highest BCUT2D eigenvalue weighted by atomic mass is 35.5.